The van der Waals surface area contributed by atoms with Crippen LogP contribution in [0.2, 0.25) is 0 Å². The molecule has 1 unspecified atom stereocenters. The number of carbonyl (C=O) groups excluding carboxylic acids is 1. The average molecular weight is 260 g/mol. The molecule has 1 atom stereocenters. The Morgan fingerprint density at radius 2 is 1.56 bits per heavy atom. The van der Waals surface area contributed by atoms with Crippen molar-refractivity contribution in [2.24, 2.45) is 0 Å². The van der Waals surface area contributed by atoms with Gasteiger partial charge in [-0.15, -0.1) is 11.6 Å². The van der Waals surface area contributed by atoms with Crippen molar-refractivity contribution in [3.05, 3.63) is 60.2 Å². The minimum atomic E-state index is -0.639. The maximum atomic E-state index is 11.4. The molecule has 0 aromatic heterocycles. The second-order valence-electron chi connectivity index (χ2n) is 3.96. The van der Waals surface area contributed by atoms with E-state index in [1.807, 2.05) is 54.6 Å². The smallest absolute Gasteiger partial charge is 0.242 e. The van der Waals surface area contributed by atoms with Gasteiger partial charge >= 0.3 is 0 Å². The van der Waals surface area contributed by atoms with Crippen LogP contribution in [0.4, 0.5) is 0 Å². The SMILES string of the molecule is CNC(=O)C(Cl)c1ccc(-c2ccccc2)cc1. The van der Waals surface area contributed by atoms with Gasteiger partial charge in [0.2, 0.25) is 5.91 Å². The molecule has 3 heteroatoms. The third-order valence-corrected chi connectivity index (χ3v) is 3.24. The highest BCUT2D eigenvalue weighted by atomic mass is 35.5. The predicted molar refractivity (Wildman–Crippen MR) is 74.5 cm³/mol. The Bertz CT molecular complexity index is 522. The van der Waals surface area contributed by atoms with E-state index >= 15 is 0 Å². The number of amides is 1. The van der Waals surface area contributed by atoms with E-state index in [1.54, 1.807) is 7.05 Å². The molecule has 0 heterocycles. The summed E-state index contributed by atoms with van der Waals surface area (Å²) in [6.07, 6.45) is 0. The van der Waals surface area contributed by atoms with Crippen molar-refractivity contribution < 1.29 is 4.79 Å². The Balaban J connectivity index is 2.23. The van der Waals surface area contributed by atoms with Crippen LogP contribution in [0.1, 0.15) is 10.9 Å². The number of halogens is 1. The average Bonchev–Trinajstić information content (AvgIpc) is 2.47. The lowest BCUT2D eigenvalue weighted by molar-refractivity contribution is -0.120. The summed E-state index contributed by atoms with van der Waals surface area (Å²) in [7, 11) is 1.58. The van der Waals surface area contributed by atoms with E-state index in [2.05, 4.69) is 5.32 Å². The van der Waals surface area contributed by atoms with E-state index in [4.69, 9.17) is 11.6 Å². The quantitative estimate of drug-likeness (QED) is 0.842. The molecular weight excluding hydrogens is 246 g/mol. The van der Waals surface area contributed by atoms with Crippen molar-refractivity contribution in [3.8, 4) is 11.1 Å². The van der Waals surface area contributed by atoms with Gasteiger partial charge in [0, 0.05) is 7.05 Å². The molecule has 0 bridgehead atoms. The molecule has 1 N–H and O–H groups in total. The number of carbonyl (C=O) groups is 1. The minimum Gasteiger partial charge on any atom is -0.358 e. The Morgan fingerprint density at radius 1 is 1.00 bits per heavy atom. The summed E-state index contributed by atoms with van der Waals surface area (Å²) in [6, 6.07) is 17.8. The fourth-order valence-corrected chi connectivity index (χ4v) is 2.01. The normalized spacial score (nSPS) is 11.9. The van der Waals surface area contributed by atoms with Gasteiger partial charge < -0.3 is 5.32 Å². The molecule has 0 saturated carbocycles. The topological polar surface area (TPSA) is 29.1 Å². The largest absolute Gasteiger partial charge is 0.358 e. The van der Waals surface area contributed by atoms with Crippen LogP contribution in [0, 0.1) is 0 Å². The lowest BCUT2D eigenvalue weighted by Gasteiger charge is -2.09. The molecule has 0 spiro atoms. The lowest BCUT2D eigenvalue weighted by Crippen LogP contribution is -2.22. The number of likely N-dealkylation sites (N-methyl/N-ethyl adjacent to an activating group) is 1. The first-order valence-electron chi connectivity index (χ1n) is 5.73. The minimum absolute atomic E-state index is 0.191. The van der Waals surface area contributed by atoms with Crippen LogP contribution < -0.4 is 5.32 Å². The number of hydrogen-bond donors (Lipinski definition) is 1. The molecule has 2 rings (SSSR count). The predicted octanol–water partition coefficient (Wildman–Crippen LogP) is 3.38. The second-order valence-corrected chi connectivity index (χ2v) is 4.40. The van der Waals surface area contributed by atoms with Gasteiger partial charge in [-0.05, 0) is 16.7 Å². The van der Waals surface area contributed by atoms with Gasteiger partial charge in [-0.3, -0.25) is 4.79 Å². The van der Waals surface area contributed by atoms with Crippen LogP contribution in [0.25, 0.3) is 11.1 Å². The molecule has 2 nitrogen and oxygen atoms in total. The second kappa shape index (κ2) is 5.69. The maximum absolute atomic E-state index is 11.4. The molecule has 1 amide bonds. The molecule has 18 heavy (non-hydrogen) atoms. The molecule has 0 radical (unpaired) electrons. The number of nitrogens with one attached hydrogen (secondary N) is 1. The molecule has 0 aliphatic carbocycles. The zero-order chi connectivity index (χ0) is 13.0. The van der Waals surface area contributed by atoms with E-state index in [9.17, 15) is 4.79 Å². The van der Waals surface area contributed by atoms with E-state index in [1.165, 1.54) is 0 Å². The summed E-state index contributed by atoms with van der Waals surface area (Å²) in [5, 5.41) is 1.90. The summed E-state index contributed by atoms with van der Waals surface area (Å²) in [4.78, 5) is 11.4. The van der Waals surface area contributed by atoms with Crippen LogP contribution in [-0.4, -0.2) is 13.0 Å². The molecule has 2 aromatic carbocycles. The first kappa shape index (κ1) is 12.7. The number of alkyl halides is 1. The molecule has 0 saturated heterocycles. The van der Waals surface area contributed by atoms with E-state index in [0.717, 1.165) is 16.7 Å². The molecule has 2 aromatic rings. The highest BCUT2D eigenvalue weighted by Gasteiger charge is 2.15. The molecular formula is C15H14ClNO. The summed E-state index contributed by atoms with van der Waals surface area (Å²) in [6.45, 7) is 0. The van der Waals surface area contributed by atoms with Crippen molar-refractivity contribution in [3.63, 3.8) is 0 Å². The fraction of sp³-hybridized carbons (Fsp3) is 0.133. The van der Waals surface area contributed by atoms with Crippen molar-refractivity contribution in [2.45, 2.75) is 5.38 Å². The van der Waals surface area contributed by atoms with Crippen LogP contribution in [-0.2, 0) is 4.79 Å². The zero-order valence-electron chi connectivity index (χ0n) is 10.1. The van der Waals surface area contributed by atoms with Gasteiger partial charge in [-0.25, -0.2) is 0 Å². The summed E-state index contributed by atoms with van der Waals surface area (Å²) in [5.74, 6) is -0.191. The van der Waals surface area contributed by atoms with Crippen molar-refractivity contribution in [1.29, 1.82) is 0 Å². The van der Waals surface area contributed by atoms with Crippen LogP contribution in [0.5, 0.6) is 0 Å². The van der Waals surface area contributed by atoms with Gasteiger partial charge in [-0.2, -0.15) is 0 Å². The third kappa shape index (κ3) is 2.71. The van der Waals surface area contributed by atoms with Gasteiger partial charge in [0.25, 0.3) is 0 Å². The lowest BCUT2D eigenvalue weighted by atomic mass is 10.0. The first-order valence-corrected chi connectivity index (χ1v) is 6.17. The van der Waals surface area contributed by atoms with E-state index < -0.39 is 5.38 Å². The Kier molecular flexibility index (Phi) is 4.00. The summed E-state index contributed by atoms with van der Waals surface area (Å²) in [5.41, 5.74) is 3.06. The molecule has 0 fully saturated rings. The van der Waals surface area contributed by atoms with Gasteiger partial charge in [0.05, 0.1) is 0 Å². The summed E-state index contributed by atoms with van der Waals surface area (Å²) >= 11 is 6.04. The van der Waals surface area contributed by atoms with E-state index in [0.29, 0.717) is 0 Å². The van der Waals surface area contributed by atoms with E-state index in [-0.39, 0.29) is 5.91 Å². The first-order chi connectivity index (χ1) is 8.72. The van der Waals surface area contributed by atoms with Crippen LogP contribution >= 0.6 is 11.6 Å². The van der Waals surface area contributed by atoms with Crippen molar-refractivity contribution >= 4 is 17.5 Å². The Hall–Kier alpha value is -1.80. The van der Waals surface area contributed by atoms with Crippen LogP contribution in [0.3, 0.4) is 0 Å². The molecule has 92 valence electrons. The highest BCUT2D eigenvalue weighted by Crippen LogP contribution is 2.24. The van der Waals surface area contributed by atoms with Gasteiger partial charge in [0.15, 0.2) is 0 Å². The maximum Gasteiger partial charge on any atom is 0.242 e. The van der Waals surface area contributed by atoms with Crippen molar-refractivity contribution in [1.82, 2.24) is 5.32 Å². The standard InChI is InChI=1S/C15H14ClNO/c1-17-15(18)14(16)13-9-7-12(8-10-13)11-5-3-2-4-6-11/h2-10,14H,1H3,(H,17,18). The Morgan fingerprint density at radius 3 is 2.11 bits per heavy atom. The van der Waals surface area contributed by atoms with Gasteiger partial charge in [0.1, 0.15) is 5.38 Å². The highest BCUT2D eigenvalue weighted by molar-refractivity contribution is 6.30. The zero-order valence-corrected chi connectivity index (χ0v) is 10.8. The molecule has 0 aliphatic heterocycles. The summed E-state index contributed by atoms with van der Waals surface area (Å²) < 4.78 is 0. The number of rotatable bonds is 3. The Labute approximate surface area is 112 Å². The number of hydrogen-bond acceptors (Lipinski definition) is 1. The van der Waals surface area contributed by atoms with Gasteiger partial charge in [-0.1, -0.05) is 54.6 Å². The monoisotopic (exact) mass is 259 g/mol. The fourth-order valence-electron chi connectivity index (χ4n) is 1.75. The third-order valence-electron chi connectivity index (χ3n) is 2.79. The molecule has 0 aliphatic rings. The number of benzene rings is 2. The van der Waals surface area contributed by atoms with Crippen molar-refractivity contribution in [2.75, 3.05) is 7.05 Å². The van der Waals surface area contributed by atoms with Crippen LogP contribution in [0.15, 0.2) is 54.6 Å².